The first-order valence-corrected chi connectivity index (χ1v) is 6.62. The van der Waals surface area contributed by atoms with E-state index in [1.54, 1.807) is 12.1 Å². The number of hydrogen-bond acceptors (Lipinski definition) is 4. The molecule has 2 atom stereocenters. The second-order valence-corrected chi connectivity index (χ2v) is 5.11. The van der Waals surface area contributed by atoms with Gasteiger partial charge in [0.1, 0.15) is 11.8 Å². The number of carbonyl (C=O) groups is 2. The van der Waals surface area contributed by atoms with E-state index >= 15 is 0 Å². The summed E-state index contributed by atoms with van der Waals surface area (Å²) in [6.07, 6.45) is -0.840. The van der Waals surface area contributed by atoms with Crippen LogP contribution in [0.25, 0.3) is 0 Å². The van der Waals surface area contributed by atoms with Gasteiger partial charge in [0.2, 0.25) is 0 Å². The summed E-state index contributed by atoms with van der Waals surface area (Å²) in [5.74, 6) is -0.751. The molecular formula is C13H15ClN2O5. The number of nitrogens with zero attached hydrogens (tertiary/aromatic N) is 1. The molecule has 0 bridgehead atoms. The fraction of sp³-hybridized carbons (Fsp3) is 0.385. The van der Waals surface area contributed by atoms with Crippen molar-refractivity contribution in [2.75, 3.05) is 19.0 Å². The molecule has 1 aliphatic rings. The van der Waals surface area contributed by atoms with Gasteiger partial charge in [0.05, 0.1) is 18.9 Å². The van der Waals surface area contributed by atoms with Crippen LogP contribution >= 0.6 is 11.6 Å². The zero-order valence-electron chi connectivity index (χ0n) is 11.2. The monoisotopic (exact) mass is 314 g/mol. The Kier molecular flexibility index (Phi) is 4.54. The van der Waals surface area contributed by atoms with Crippen LogP contribution in [0.5, 0.6) is 5.75 Å². The number of carboxylic acids is 1. The predicted octanol–water partition coefficient (Wildman–Crippen LogP) is 1.40. The molecule has 7 nitrogen and oxygen atoms in total. The zero-order valence-corrected chi connectivity index (χ0v) is 12.0. The lowest BCUT2D eigenvalue weighted by molar-refractivity contribution is -0.141. The van der Waals surface area contributed by atoms with Crippen LogP contribution in [0, 0.1) is 0 Å². The van der Waals surface area contributed by atoms with E-state index in [-0.39, 0.29) is 13.0 Å². The van der Waals surface area contributed by atoms with Gasteiger partial charge in [-0.3, -0.25) is 0 Å². The highest BCUT2D eigenvalue weighted by Crippen LogP contribution is 2.29. The van der Waals surface area contributed by atoms with E-state index in [4.69, 9.17) is 21.4 Å². The van der Waals surface area contributed by atoms with Gasteiger partial charge in [0, 0.05) is 18.0 Å². The van der Waals surface area contributed by atoms with Gasteiger partial charge in [-0.2, -0.15) is 0 Å². The molecule has 0 unspecified atom stereocenters. The molecule has 8 heteroatoms. The minimum atomic E-state index is -1.15. The zero-order chi connectivity index (χ0) is 15.6. The number of rotatable bonds is 3. The van der Waals surface area contributed by atoms with E-state index in [0.29, 0.717) is 16.5 Å². The molecule has 1 heterocycles. The molecule has 2 amide bonds. The third-order valence-corrected chi connectivity index (χ3v) is 3.46. The average molecular weight is 315 g/mol. The SMILES string of the molecule is COc1ccc(Cl)cc1NC(=O)N1C[C@H](O)C[C@H]1C(=O)O. The maximum atomic E-state index is 12.2. The Hall–Kier alpha value is -1.99. The maximum absolute atomic E-state index is 12.2. The Balaban J connectivity index is 2.18. The summed E-state index contributed by atoms with van der Waals surface area (Å²) >= 11 is 5.86. The number of carbonyl (C=O) groups excluding carboxylic acids is 1. The molecule has 1 saturated heterocycles. The second-order valence-electron chi connectivity index (χ2n) is 4.67. The Morgan fingerprint density at radius 1 is 1.48 bits per heavy atom. The molecule has 0 saturated carbocycles. The van der Waals surface area contributed by atoms with Crippen LogP contribution in [0.15, 0.2) is 18.2 Å². The molecular weight excluding hydrogens is 300 g/mol. The summed E-state index contributed by atoms with van der Waals surface area (Å²) in [6.45, 7) is -0.0360. The van der Waals surface area contributed by atoms with Crippen LogP contribution in [-0.4, -0.2) is 52.9 Å². The van der Waals surface area contributed by atoms with Crippen molar-refractivity contribution in [3.63, 3.8) is 0 Å². The highest BCUT2D eigenvalue weighted by Gasteiger charge is 2.39. The normalized spacial score (nSPS) is 21.2. The first-order chi connectivity index (χ1) is 9.92. The Bertz CT molecular complexity index is 565. The van der Waals surface area contributed by atoms with Crippen molar-refractivity contribution < 1.29 is 24.5 Å². The summed E-state index contributed by atoms with van der Waals surface area (Å²) in [5, 5.41) is 21.6. The number of amides is 2. The number of aliphatic carboxylic acids is 1. The van der Waals surface area contributed by atoms with E-state index in [9.17, 15) is 14.7 Å². The van der Waals surface area contributed by atoms with Gasteiger partial charge in [-0.25, -0.2) is 9.59 Å². The number of ether oxygens (including phenoxy) is 1. The van der Waals surface area contributed by atoms with Crippen molar-refractivity contribution in [1.82, 2.24) is 4.90 Å². The lowest BCUT2D eigenvalue weighted by Crippen LogP contribution is -2.43. The molecule has 21 heavy (non-hydrogen) atoms. The number of carboxylic acid groups (broad SMARTS) is 1. The van der Waals surface area contributed by atoms with Crippen molar-refractivity contribution in [2.45, 2.75) is 18.6 Å². The molecule has 1 aliphatic heterocycles. The maximum Gasteiger partial charge on any atom is 0.326 e. The van der Waals surface area contributed by atoms with Gasteiger partial charge in [-0.05, 0) is 18.2 Å². The lowest BCUT2D eigenvalue weighted by Gasteiger charge is -2.22. The minimum absolute atomic E-state index is 0.00936. The highest BCUT2D eigenvalue weighted by molar-refractivity contribution is 6.31. The fourth-order valence-electron chi connectivity index (χ4n) is 2.24. The molecule has 0 spiro atoms. The molecule has 114 valence electrons. The number of likely N-dealkylation sites (tertiary alicyclic amines) is 1. The van der Waals surface area contributed by atoms with Gasteiger partial charge >= 0.3 is 12.0 Å². The Labute approximate surface area is 126 Å². The number of hydrogen-bond donors (Lipinski definition) is 3. The Morgan fingerprint density at radius 2 is 2.19 bits per heavy atom. The number of nitrogens with one attached hydrogen (secondary N) is 1. The van der Waals surface area contributed by atoms with Crippen LogP contribution in [0.4, 0.5) is 10.5 Å². The molecule has 0 aromatic heterocycles. The summed E-state index contributed by atoms with van der Waals surface area (Å²) in [5.41, 5.74) is 0.334. The van der Waals surface area contributed by atoms with Gasteiger partial charge < -0.3 is 25.2 Å². The lowest BCUT2D eigenvalue weighted by atomic mass is 10.2. The third-order valence-electron chi connectivity index (χ3n) is 3.23. The number of aliphatic hydroxyl groups is 1. The van der Waals surface area contributed by atoms with Gasteiger partial charge in [0.25, 0.3) is 0 Å². The highest BCUT2D eigenvalue weighted by atomic mass is 35.5. The van der Waals surface area contributed by atoms with E-state index in [1.807, 2.05) is 0 Å². The summed E-state index contributed by atoms with van der Waals surface area (Å²) in [7, 11) is 1.44. The molecule has 2 rings (SSSR count). The predicted molar refractivity (Wildman–Crippen MR) is 75.8 cm³/mol. The van der Waals surface area contributed by atoms with E-state index in [1.165, 1.54) is 13.2 Å². The average Bonchev–Trinajstić information content (AvgIpc) is 2.81. The summed E-state index contributed by atoms with van der Waals surface area (Å²) in [4.78, 5) is 24.4. The number of anilines is 1. The van der Waals surface area contributed by atoms with E-state index < -0.39 is 24.1 Å². The standard InChI is InChI=1S/C13H15ClN2O5/c1-21-11-3-2-7(14)4-9(11)15-13(20)16-6-8(17)5-10(16)12(18)19/h2-4,8,10,17H,5-6H2,1H3,(H,15,20)(H,18,19)/t8-,10+/m1/s1. The first kappa shape index (κ1) is 15.4. The van der Waals surface area contributed by atoms with Crippen LogP contribution in [-0.2, 0) is 4.79 Å². The van der Waals surface area contributed by atoms with Gasteiger partial charge in [0.15, 0.2) is 0 Å². The van der Waals surface area contributed by atoms with E-state index in [2.05, 4.69) is 5.32 Å². The van der Waals surface area contributed by atoms with Crippen LogP contribution in [0.2, 0.25) is 5.02 Å². The first-order valence-electron chi connectivity index (χ1n) is 6.24. The van der Waals surface area contributed by atoms with Crippen LogP contribution in [0.1, 0.15) is 6.42 Å². The fourth-order valence-corrected chi connectivity index (χ4v) is 2.41. The smallest absolute Gasteiger partial charge is 0.326 e. The van der Waals surface area contributed by atoms with Gasteiger partial charge in [-0.1, -0.05) is 11.6 Å². The molecule has 0 aliphatic carbocycles. The molecule has 1 aromatic carbocycles. The van der Waals surface area contributed by atoms with Crippen molar-refractivity contribution in [2.24, 2.45) is 0 Å². The quantitative estimate of drug-likeness (QED) is 0.783. The van der Waals surface area contributed by atoms with Crippen LogP contribution in [0.3, 0.4) is 0 Å². The molecule has 3 N–H and O–H groups in total. The number of urea groups is 1. The van der Waals surface area contributed by atoms with E-state index in [0.717, 1.165) is 4.90 Å². The number of aliphatic hydroxyl groups excluding tert-OH is 1. The van der Waals surface area contributed by atoms with Crippen molar-refractivity contribution >= 4 is 29.3 Å². The summed E-state index contributed by atoms with van der Waals surface area (Å²) in [6, 6.07) is 3.02. The molecule has 1 fully saturated rings. The van der Waals surface area contributed by atoms with Crippen molar-refractivity contribution in [1.29, 1.82) is 0 Å². The van der Waals surface area contributed by atoms with Crippen molar-refractivity contribution in [3.05, 3.63) is 23.2 Å². The van der Waals surface area contributed by atoms with Crippen molar-refractivity contribution in [3.8, 4) is 5.75 Å². The number of halogens is 1. The topological polar surface area (TPSA) is 99.1 Å². The Morgan fingerprint density at radius 3 is 2.81 bits per heavy atom. The number of methoxy groups -OCH3 is 1. The number of benzene rings is 1. The second kappa shape index (κ2) is 6.19. The molecule has 1 aromatic rings. The van der Waals surface area contributed by atoms with Crippen LogP contribution < -0.4 is 10.1 Å². The third kappa shape index (κ3) is 3.37. The minimum Gasteiger partial charge on any atom is -0.495 e. The molecule has 0 radical (unpaired) electrons. The van der Waals surface area contributed by atoms with Gasteiger partial charge in [-0.15, -0.1) is 0 Å². The largest absolute Gasteiger partial charge is 0.495 e. The number of β-amino-alcohol motifs (C(OH)–C–C–N with tert-alkyl or cyclic N) is 1. The summed E-state index contributed by atoms with van der Waals surface area (Å²) < 4.78 is 5.10.